The molecule has 0 spiro atoms. The van der Waals surface area contributed by atoms with E-state index in [2.05, 4.69) is 0 Å². The van der Waals surface area contributed by atoms with Gasteiger partial charge in [0.1, 0.15) is 0 Å². The molecule has 0 saturated heterocycles. The Balaban J connectivity index is 2.26. The van der Waals surface area contributed by atoms with Gasteiger partial charge >= 0.3 is 0 Å². The predicted molar refractivity (Wildman–Crippen MR) is 78.3 cm³/mol. The molecule has 0 aliphatic heterocycles. The van der Waals surface area contributed by atoms with E-state index in [1.54, 1.807) is 25.1 Å². The molecule has 19 heavy (non-hydrogen) atoms. The van der Waals surface area contributed by atoms with Crippen molar-refractivity contribution in [2.45, 2.75) is 17.2 Å². The van der Waals surface area contributed by atoms with Gasteiger partial charge in [-0.15, -0.1) is 11.6 Å². The number of rotatable bonds is 4. The first-order valence-corrected chi connectivity index (χ1v) is 8.07. The van der Waals surface area contributed by atoms with E-state index in [4.69, 9.17) is 11.6 Å². The first-order valence-electron chi connectivity index (χ1n) is 5.98. The summed E-state index contributed by atoms with van der Waals surface area (Å²) in [6.07, 6.45) is 0. The summed E-state index contributed by atoms with van der Waals surface area (Å²) in [5, 5.41) is -0.536. The van der Waals surface area contributed by atoms with Crippen LogP contribution >= 0.6 is 11.6 Å². The quantitative estimate of drug-likeness (QED) is 0.805. The van der Waals surface area contributed by atoms with Crippen LogP contribution in [0, 0.1) is 6.92 Å². The highest BCUT2D eigenvalue weighted by Gasteiger charge is 2.22. The van der Waals surface area contributed by atoms with Crippen molar-refractivity contribution in [1.29, 1.82) is 0 Å². The molecule has 0 N–H and O–H groups in total. The summed E-state index contributed by atoms with van der Waals surface area (Å²) in [6, 6.07) is 16.2. The second-order valence-corrected chi connectivity index (χ2v) is 6.95. The third kappa shape index (κ3) is 3.37. The van der Waals surface area contributed by atoms with Gasteiger partial charge in [-0.1, -0.05) is 48.5 Å². The SMILES string of the molecule is Cc1ccccc1S(=O)(=O)CC(Cl)c1ccccc1. The van der Waals surface area contributed by atoms with Crippen molar-refractivity contribution in [3.05, 3.63) is 65.7 Å². The predicted octanol–water partition coefficient (Wildman–Crippen LogP) is 3.75. The Morgan fingerprint density at radius 2 is 1.58 bits per heavy atom. The van der Waals surface area contributed by atoms with Crippen LogP contribution in [0.5, 0.6) is 0 Å². The first-order chi connectivity index (χ1) is 9.00. The maximum Gasteiger partial charge on any atom is 0.180 e. The standard InChI is InChI=1S/C15H15ClO2S/c1-12-7-5-6-10-15(12)19(17,18)11-14(16)13-8-3-2-4-9-13/h2-10,14H,11H2,1H3. The van der Waals surface area contributed by atoms with Gasteiger partial charge in [0.2, 0.25) is 0 Å². The average Bonchev–Trinajstić information content (AvgIpc) is 2.39. The number of halogens is 1. The van der Waals surface area contributed by atoms with Gasteiger partial charge in [0.05, 0.1) is 16.0 Å². The summed E-state index contributed by atoms with van der Waals surface area (Å²) < 4.78 is 24.7. The highest BCUT2D eigenvalue weighted by atomic mass is 35.5. The third-order valence-electron chi connectivity index (χ3n) is 2.96. The minimum atomic E-state index is -3.37. The van der Waals surface area contributed by atoms with Crippen molar-refractivity contribution in [2.24, 2.45) is 0 Å². The fraction of sp³-hybridized carbons (Fsp3) is 0.200. The summed E-state index contributed by atoms with van der Waals surface area (Å²) in [4.78, 5) is 0.358. The molecule has 0 amide bonds. The summed E-state index contributed by atoms with van der Waals surface area (Å²) in [5.41, 5.74) is 1.57. The average molecular weight is 295 g/mol. The maximum absolute atomic E-state index is 12.4. The molecule has 4 heteroatoms. The van der Waals surface area contributed by atoms with Crippen LogP contribution in [0.1, 0.15) is 16.5 Å². The fourth-order valence-electron chi connectivity index (χ4n) is 1.95. The lowest BCUT2D eigenvalue weighted by Gasteiger charge is -2.12. The van der Waals surface area contributed by atoms with E-state index in [0.29, 0.717) is 4.90 Å². The van der Waals surface area contributed by atoms with E-state index in [-0.39, 0.29) is 5.75 Å². The number of hydrogen-bond donors (Lipinski definition) is 0. The molecule has 0 radical (unpaired) electrons. The van der Waals surface area contributed by atoms with Crippen LogP contribution < -0.4 is 0 Å². The molecular weight excluding hydrogens is 280 g/mol. The molecule has 0 saturated carbocycles. The number of alkyl halides is 1. The van der Waals surface area contributed by atoms with Crippen LogP contribution in [0.15, 0.2) is 59.5 Å². The van der Waals surface area contributed by atoms with Crippen LogP contribution in [0.2, 0.25) is 0 Å². The lowest BCUT2D eigenvalue weighted by molar-refractivity contribution is 0.594. The van der Waals surface area contributed by atoms with Gasteiger partial charge in [-0.2, -0.15) is 0 Å². The Labute approximate surface area is 119 Å². The Morgan fingerprint density at radius 1 is 1.00 bits per heavy atom. The zero-order valence-electron chi connectivity index (χ0n) is 10.6. The molecule has 0 aliphatic carbocycles. The van der Waals surface area contributed by atoms with Gasteiger partial charge in [0, 0.05) is 0 Å². The summed E-state index contributed by atoms with van der Waals surface area (Å²) >= 11 is 6.21. The van der Waals surface area contributed by atoms with Crippen molar-refractivity contribution >= 4 is 21.4 Å². The molecule has 2 aromatic rings. The van der Waals surface area contributed by atoms with E-state index in [1.807, 2.05) is 36.4 Å². The Bertz CT molecular complexity index is 651. The van der Waals surface area contributed by atoms with Crippen LogP contribution in [-0.4, -0.2) is 14.2 Å². The van der Waals surface area contributed by atoms with Gasteiger partial charge < -0.3 is 0 Å². The van der Waals surface area contributed by atoms with Crippen molar-refractivity contribution < 1.29 is 8.42 Å². The molecule has 0 aromatic heterocycles. The molecule has 0 heterocycles. The minimum Gasteiger partial charge on any atom is -0.224 e. The number of hydrogen-bond acceptors (Lipinski definition) is 2. The van der Waals surface area contributed by atoms with Crippen molar-refractivity contribution in [2.75, 3.05) is 5.75 Å². The highest BCUT2D eigenvalue weighted by molar-refractivity contribution is 7.91. The first kappa shape index (κ1) is 14.1. The topological polar surface area (TPSA) is 34.1 Å². The number of sulfone groups is 1. The third-order valence-corrected chi connectivity index (χ3v) is 5.45. The molecule has 0 bridgehead atoms. The zero-order valence-corrected chi connectivity index (χ0v) is 12.2. The minimum absolute atomic E-state index is 0.0938. The van der Waals surface area contributed by atoms with E-state index in [0.717, 1.165) is 11.1 Å². The van der Waals surface area contributed by atoms with E-state index in [9.17, 15) is 8.42 Å². The summed E-state index contributed by atoms with van der Waals surface area (Å²) in [7, 11) is -3.37. The molecule has 2 rings (SSSR count). The Kier molecular flexibility index (Phi) is 4.27. The largest absolute Gasteiger partial charge is 0.224 e. The van der Waals surface area contributed by atoms with Crippen LogP contribution in [0.3, 0.4) is 0 Å². The second kappa shape index (κ2) is 5.76. The molecule has 0 aliphatic rings. The van der Waals surface area contributed by atoms with Crippen molar-refractivity contribution in [1.82, 2.24) is 0 Å². The van der Waals surface area contributed by atoms with Gasteiger partial charge in [0.25, 0.3) is 0 Å². The highest BCUT2D eigenvalue weighted by Crippen LogP contribution is 2.26. The molecule has 0 fully saturated rings. The monoisotopic (exact) mass is 294 g/mol. The Morgan fingerprint density at radius 3 is 2.21 bits per heavy atom. The van der Waals surface area contributed by atoms with Crippen LogP contribution in [0.4, 0.5) is 0 Å². The number of benzene rings is 2. The molecule has 100 valence electrons. The smallest absolute Gasteiger partial charge is 0.180 e. The van der Waals surface area contributed by atoms with E-state index < -0.39 is 15.2 Å². The van der Waals surface area contributed by atoms with E-state index >= 15 is 0 Å². The second-order valence-electron chi connectivity index (χ2n) is 4.43. The van der Waals surface area contributed by atoms with Crippen molar-refractivity contribution in [3.63, 3.8) is 0 Å². The fourth-order valence-corrected chi connectivity index (χ4v) is 4.19. The van der Waals surface area contributed by atoms with Crippen LogP contribution in [-0.2, 0) is 9.84 Å². The Hall–Kier alpha value is -1.32. The van der Waals surface area contributed by atoms with Crippen LogP contribution in [0.25, 0.3) is 0 Å². The van der Waals surface area contributed by atoms with Gasteiger partial charge in [-0.3, -0.25) is 0 Å². The zero-order chi connectivity index (χ0) is 13.9. The normalized spacial score (nSPS) is 13.2. The summed E-state index contributed by atoms with van der Waals surface area (Å²) in [5.74, 6) is -0.0938. The van der Waals surface area contributed by atoms with E-state index in [1.165, 1.54) is 0 Å². The van der Waals surface area contributed by atoms with Gasteiger partial charge in [-0.25, -0.2) is 8.42 Å². The number of aryl methyl sites for hydroxylation is 1. The van der Waals surface area contributed by atoms with Gasteiger partial charge in [-0.05, 0) is 24.1 Å². The molecule has 1 atom stereocenters. The molecule has 2 aromatic carbocycles. The molecular formula is C15H15ClO2S. The molecule has 2 nitrogen and oxygen atoms in total. The van der Waals surface area contributed by atoms with Crippen molar-refractivity contribution in [3.8, 4) is 0 Å². The lowest BCUT2D eigenvalue weighted by Crippen LogP contribution is -2.12. The lowest BCUT2D eigenvalue weighted by atomic mass is 10.2. The summed E-state index contributed by atoms with van der Waals surface area (Å²) in [6.45, 7) is 1.79. The van der Waals surface area contributed by atoms with Gasteiger partial charge in [0.15, 0.2) is 9.84 Å². The molecule has 1 unspecified atom stereocenters. The maximum atomic E-state index is 12.4.